The van der Waals surface area contributed by atoms with Crippen molar-refractivity contribution in [2.75, 3.05) is 0 Å². The van der Waals surface area contributed by atoms with Gasteiger partial charge in [-0.15, -0.1) is 0 Å². The number of benzene rings is 2. The third-order valence-electron chi connectivity index (χ3n) is 6.34. The highest BCUT2D eigenvalue weighted by molar-refractivity contribution is 5.83. The minimum Gasteiger partial charge on any atom is -0.456 e. The SMILES string of the molecule is C/C=c1/c2c(o/c1=C/C)C(c1cccc(-c3ccc(C4=CCCC=C4)cc3)c1)=CCC2.CC. The third kappa shape index (κ3) is 4.59. The molecule has 1 nitrogen and oxygen atoms in total. The van der Waals surface area contributed by atoms with Crippen LogP contribution in [-0.4, -0.2) is 0 Å². The number of fused-ring (bicyclic) bond motifs is 1. The summed E-state index contributed by atoms with van der Waals surface area (Å²) in [5.41, 5.74) is 9.87. The van der Waals surface area contributed by atoms with Crippen molar-refractivity contribution in [2.45, 2.75) is 53.4 Å². The van der Waals surface area contributed by atoms with Crippen LogP contribution in [0.1, 0.15) is 69.4 Å². The van der Waals surface area contributed by atoms with Gasteiger partial charge in [0.2, 0.25) is 0 Å². The van der Waals surface area contributed by atoms with Gasteiger partial charge in [-0.2, -0.15) is 0 Å². The molecule has 33 heavy (non-hydrogen) atoms. The zero-order valence-electron chi connectivity index (χ0n) is 20.3. The predicted octanol–water partition coefficient (Wildman–Crippen LogP) is 7.68. The molecular formula is C32H34O. The average molecular weight is 435 g/mol. The highest BCUT2D eigenvalue weighted by Gasteiger charge is 2.20. The van der Waals surface area contributed by atoms with E-state index < -0.39 is 0 Å². The van der Waals surface area contributed by atoms with Crippen LogP contribution in [0, 0.1) is 0 Å². The van der Waals surface area contributed by atoms with E-state index in [2.05, 4.69) is 91.9 Å². The van der Waals surface area contributed by atoms with Crippen LogP contribution in [0.15, 0.2) is 77.3 Å². The molecular weight excluding hydrogens is 400 g/mol. The molecule has 2 aromatic carbocycles. The number of hydrogen-bond donors (Lipinski definition) is 0. The monoisotopic (exact) mass is 434 g/mol. The Kier molecular flexibility index (Phi) is 7.29. The first-order valence-electron chi connectivity index (χ1n) is 12.3. The van der Waals surface area contributed by atoms with Crippen molar-refractivity contribution in [3.63, 3.8) is 0 Å². The molecule has 1 heteroatoms. The lowest BCUT2D eigenvalue weighted by atomic mass is 9.90. The Labute approximate surface area is 198 Å². The van der Waals surface area contributed by atoms with Crippen molar-refractivity contribution in [1.82, 2.24) is 0 Å². The Morgan fingerprint density at radius 3 is 2.21 bits per heavy atom. The number of allylic oxidation sites excluding steroid dienone is 5. The second kappa shape index (κ2) is 10.5. The van der Waals surface area contributed by atoms with E-state index in [0.717, 1.165) is 36.9 Å². The zero-order valence-corrected chi connectivity index (χ0v) is 20.3. The fraction of sp³-hybridized carbons (Fsp3) is 0.250. The Morgan fingerprint density at radius 1 is 0.758 bits per heavy atom. The Morgan fingerprint density at radius 2 is 1.52 bits per heavy atom. The van der Waals surface area contributed by atoms with Crippen LogP contribution in [0.2, 0.25) is 0 Å². The largest absolute Gasteiger partial charge is 0.456 e. The van der Waals surface area contributed by atoms with E-state index in [4.69, 9.17) is 4.42 Å². The van der Waals surface area contributed by atoms with Crippen molar-refractivity contribution in [2.24, 2.45) is 0 Å². The number of hydrogen-bond acceptors (Lipinski definition) is 1. The Bertz CT molecular complexity index is 1320. The molecule has 2 aliphatic carbocycles. The van der Waals surface area contributed by atoms with Crippen molar-refractivity contribution in [3.8, 4) is 11.1 Å². The molecule has 2 aliphatic rings. The second-order valence-corrected chi connectivity index (χ2v) is 8.22. The molecule has 0 fully saturated rings. The molecule has 168 valence electrons. The third-order valence-corrected chi connectivity index (χ3v) is 6.34. The predicted molar refractivity (Wildman–Crippen MR) is 143 cm³/mol. The summed E-state index contributed by atoms with van der Waals surface area (Å²) in [6.45, 7) is 8.14. The standard InChI is InChI=1S/C30H28O.C2H6/c1-3-26-28-15-9-14-27(30(28)31-29(26)4-2)25-13-8-12-24(20-25)23-18-16-22(17-19-23)21-10-6-5-7-11-21;1-2/h3-4,6,8,10-14,16-20H,5,7,9,15H2,1-2H3;1-2H3/b26-3-,29-4+;. The molecule has 0 radical (unpaired) electrons. The van der Waals surface area contributed by atoms with Crippen LogP contribution in [0.4, 0.5) is 0 Å². The van der Waals surface area contributed by atoms with E-state index in [1.54, 1.807) is 0 Å². The van der Waals surface area contributed by atoms with Crippen molar-refractivity contribution < 1.29 is 4.42 Å². The van der Waals surface area contributed by atoms with Crippen molar-refractivity contribution >= 4 is 23.3 Å². The van der Waals surface area contributed by atoms with Gasteiger partial charge in [-0.05, 0) is 79.5 Å². The van der Waals surface area contributed by atoms with E-state index in [1.807, 2.05) is 20.8 Å². The van der Waals surface area contributed by atoms with E-state index in [1.165, 1.54) is 44.2 Å². The van der Waals surface area contributed by atoms with E-state index >= 15 is 0 Å². The summed E-state index contributed by atoms with van der Waals surface area (Å²) in [4.78, 5) is 0. The van der Waals surface area contributed by atoms with Gasteiger partial charge in [-0.3, -0.25) is 0 Å². The lowest BCUT2D eigenvalue weighted by Crippen LogP contribution is -2.22. The van der Waals surface area contributed by atoms with Crippen molar-refractivity contribution in [3.05, 3.63) is 106 Å². The molecule has 0 spiro atoms. The zero-order chi connectivity index (χ0) is 23.2. The summed E-state index contributed by atoms with van der Waals surface area (Å²) in [6, 6.07) is 17.8. The first kappa shape index (κ1) is 22.9. The van der Waals surface area contributed by atoms with Gasteiger partial charge in [0.05, 0.1) is 0 Å². The second-order valence-electron chi connectivity index (χ2n) is 8.22. The highest BCUT2D eigenvalue weighted by atomic mass is 16.3. The quantitative estimate of drug-likeness (QED) is 0.412. The van der Waals surface area contributed by atoms with Gasteiger partial charge in [0, 0.05) is 16.4 Å². The summed E-state index contributed by atoms with van der Waals surface area (Å²) in [6.07, 6.45) is 17.8. The number of furan rings is 1. The maximum atomic E-state index is 6.31. The first-order chi connectivity index (χ1) is 16.3. The van der Waals surface area contributed by atoms with Crippen LogP contribution in [0.25, 0.3) is 34.4 Å². The molecule has 1 aromatic heterocycles. The molecule has 0 saturated carbocycles. The van der Waals surface area contributed by atoms with Gasteiger partial charge in [-0.25, -0.2) is 0 Å². The number of rotatable bonds is 3. The summed E-state index contributed by atoms with van der Waals surface area (Å²) >= 11 is 0. The van der Waals surface area contributed by atoms with E-state index in [-0.39, 0.29) is 0 Å². The first-order valence-corrected chi connectivity index (χ1v) is 12.3. The minimum atomic E-state index is 0.984. The molecule has 0 amide bonds. The molecule has 5 rings (SSSR count). The fourth-order valence-corrected chi connectivity index (χ4v) is 4.75. The van der Waals surface area contributed by atoms with Gasteiger partial charge < -0.3 is 4.42 Å². The maximum Gasteiger partial charge on any atom is 0.138 e. The summed E-state index contributed by atoms with van der Waals surface area (Å²) in [7, 11) is 0. The summed E-state index contributed by atoms with van der Waals surface area (Å²) in [5, 5.41) is 1.25. The van der Waals surface area contributed by atoms with Gasteiger partial charge in [0.1, 0.15) is 11.2 Å². The molecule has 0 unspecified atom stereocenters. The van der Waals surface area contributed by atoms with E-state index in [9.17, 15) is 0 Å². The molecule has 0 saturated heterocycles. The van der Waals surface area contributed by atoms with Gasteiger partial charge in [-0.1, -0.05) is 86.7 Å². The van der Waals surface area contributed by atoms with Gasteiger partial charge >= 0.3 is 0 Å². The minimum absolute atomic E-state index is 0.984. The molecule has 0 bridgehead atoms. The summed E-state index contributed by atoms with van der Waals surface area (Å²) < 4.78 is 6.31. The van der Waals surface area contributed by atoms with Crippen LogP contribution >= 0.6 is 0 Å². The fourth-order valence-electron chi connectivity index (χ4n) is 4.75. The van der Waals surface area contributed by atoms with Crippen LogP contribution < -0.4 is 10.6 Å². The average Bonchev–Trinajstić information content (AvgIpc) is 3.28. The summed E-state index contributed by atoms with van der Waals surface area (Å²) in [5.74, 6) is 1.04. The molecule has 0 N–H and O–H groups in total. The molecule has 0 aliphatic heterocycles. The maximum absolute atomic E-state index is 6.31. The topological polar surface area (TPSA) is 13.1 Å². The van der Waals surface area contributed by atoms with Crippen LogP contribution in [-0.2, 0) is 6.42 Å². The molecule has 1 heterocycles. The van der Waals surface area contributed by atoms with Crippen molar-refractivity contribution in [1.29, 1.82) is 0 Å². The van der Waals surface area contributed by atoms with Crippen LogP contribution in [0.5, 0.6) is 0 Å². The molecule has 0 atom stereocenters. The Balaban J connectivity index is 0.00000126. The highest BCUT2D eigenvalue weighted by Crippen LogP contribution is 2.33. The van der Waals surface area contributed by atoms with Gasteiger partial charge in [0.15, 0.2) is 0 Å². The van der Waals surface area contributed by atoms with Crippen LogP contribution in [0.3, 0.4) is 0 Å². The Hall–Kier alpha value is -3.32. The van der Waals surface area contributed by atoms with E-state index in [0.29, 0.717) is 0 Å². The normalized spacial score (nSPS) is 16.0. The smallest absolute Gasteiger partial charge is 0.138 e. The molecule has 3 aromatic rings. The lowest BCUT2D eigenvalue weighted by Gasteiger charge is -2.14. The lowest BCUT2D eigenvalue weighted by molar-refractivity contribution is 0.514. The van der Waals surface area contributed by atoms with Gasteiger partial charge in [0.25, 0.3) is 0 Å².